The van der Waals surface area contributed by atoms with E-state index in [0.717, 1.165) is 21.4 Å². The summed E-state index contributed by atoms with van der Waals surface area (Å²) < 4.78 is 63.8. The van der Waals surface area contributed by atoms with Crippen LogP contribution in [0.1, 0.15) is 27.3 Å². The van der Waals surface area contributed by atoms with Crippen molar-refractivity contribution in [1.82, 2.24) is 14.6 Å². The fraction of sp³-hybridized carbons (Fsp3) is 0.185. The summed E-state index contributed by atoms with van der Waals surface area (Å²) in [6, 6.07) is 11.6. The fourth-order valence-electron chi connectivity index (χ4n) is 3.74. The number of thiazole rings is 1. The molecule has 4 rings (SSSR count). The summed E-state index contributed by atoms with van der Waals surface area (Å²) in [6.07, 6.45) is 11.6. The predicted octanol–water partition coefficient (Wildman–Crippen LogP) is 4.08. The highest BCUT2D eigenvalue weighted by Crippen LogP contribution is 2.29. The number of allylic oxidation sites excluding steroid dienone is 5. The number of sulfonamides is 1. The van der Waals surface area contributed by atoms with Crippen LogP contribution in [0.2, 0.25) is 0 Å². The van der Waals surface area contributed by atoms with Crippen LogP contribution in [-0.2, 0) is 24.9 Å². The third-order valence-electron chi connectivity index (χ3n) is 5.80. The molecule has 0 amide bonds. The maximum Gasteiger partial charge on any atom is 0.337 e. The highest BCUT2D eigenvalue weighted by molar-refractivity contribution is 7.89. The van der Waals surface area contributed by atoms with E-state index in [0.29, 0.717) is 16.1 Å². The third-order valence-corrected chi connectivity index (χ3v) is 9.05. The van der Waals surface area contributed by atoms with Gasteiger partial charge in [0, 0.05) is 26.0 Å². The van der Waals surface area contributed by atoms with Crippen LogP contribution in [0, 0.1) is 0 Å². The zero-order chi connectivity index (χ0) is 28.9. The number of methoxy groups -OCH3 is 1. The average molecular weight is 602 g/mol. The second kappa shape index (κ2) is 12.3. The largest absolute Gasteiger partial charge is 0.465 e. The Morgan fingerprint density at radius 3 is 2.40 bits per heavy atom. The molecule has 210 valence electrons. The van der Waals surface area contributed by atoms with Crippen molar-refractivity contribution in [2.45, 2.75) is 11.3 Å². The lowest BCUT2D eigenvalue weighted by Gasteiger charge is -2.12. The van der Waals surface area contributed by atoms with Crippen molar-refractivity contribution in [1.29, 1.82) is 0 Å². The first-order valence-electron chi connectivity index (χ1n) is 12.0. The normalized spacial score (nSPS) is 14.1. The molecule has 0 saturated carbocycles. The number of carbonyl (C=O) groups is 1. The summed E-state index contributed by atoms with van der Waals surface area (Å²) >= 11 is 1.39. The third kappa shape index (κ3) is 7.73. The van der Waals surface area contributed by atoms with Crippen molar-refractivity contribution in [3.05, 3.63) is 94.8 Å². The Morgan fingerprint density at radius 1 is 1.07 bits per heavy atom. The molecule has 2 N–H and O–H groups in total. The molecule has 0 unspecified atom stereocenters. The van der Waals surface area contributed by atoms with Crippen LogP contribution in [0.3, 0.4) is 0 Å². The van der Waals surface area contributed by atoms with Crippen molar-refractivity contribution in [2.24, 2.45) is 0 Å². The van der Waals surface area contributed by atoms with Crippen LogP contribution < -0.4 is 4.72 Å². The maximum atomic E-state index is 12.7. The van der Waals surface area contributed by atoms with Crippen LogP contribution in [-0.4, -0.2) is 63.7 Å². The summed E-state index contributed by atoms with van der Waals surface area (Å²) in [7, 11) is -4.82. The minimum absolute atomic E-state index is 0.00461. The molecule has 0 bridgehead atoms. The Balaban J connectivity index is 1.65. The first-order valence-corrected chi connectivity index (χ1v) is 15.9. The average Bonchev–Trinajstić information content (AvgIpc) is 3.33. The zero-order valence-corrected chi connectivity index (χ0v) is 24.1. The van der Waals surface area contributed by atoms with Crippen molar-refractivity contribution in [3.63, 3.8) is 0 Å². The summed E-state index contributed by atoms with van der Waals surface area (Å²) in [4.78, 5) is 18.4. The number of nitrogens with one attached hydrogen (secondary N) is 1. The van der Waals surface area contributed by atoms with Crippen molar-refractivity contribution in [3.8, 4) is 0 Å². The van der Waals surface area contributed by atoms with Gasteiger partial charge in [0.1, 0.15) is 5.01 Å². The van der Waals surface area contributed by atoms with Gasteiger partial charge < -0.3 is 9.64 Å². The lowest BCUT2D eigenvalue weighted by molar-refractivity contribution is 0.0600. The number of carbonyl (C=O) groups excluding carboxylic acids is 1. The van der Waals surface area contributed by atoms with E-state index in [4.69, 9.17) is 9.29 Å². The van der Waals surface area contributed by atoms with E-state index >= 15 is 0 Å². The topological polar surface area (TPSA) is 143 Å². The Morgan fingerprint density at radius 2 is 1.75 bits per heavy atom. The van der Waals surface area contributed by atoms with Gasteiger partial charge in [-0.05, 0) is 77.8 Å². The molecule has 1 aliphatic heterocycles. The standard InChI is InChI=1S/C27H27N3O7S3/c1-30-13-10-19(11-14-30)16-22(20-4-6-21(7-5-20)27(31)37-2)17-26-29-24-18-23(8-9-25(24)38-26)40(35,36)28-12-3-15-39(32,33)34/h4-11,13-14,16-18,28H,3,12,15H2,1-2H3,(H,32,33,34)/b22-17-. The van der Waals surface area contributed by atoms with Gasteiger partial charge in [-0.2, -0.15) is 8.42 Å². The van der Waals surface area contributed by atoms with Crippen molar-refractivity contribution < 1.29 is 30.9 Å². The quantitative estimate of drug-likeness (QED) is 0.200. The van der Waals surface area contributed by atoms with E-state index in [1.54, 1.807) is 18.2 Å². The van der Waals surface area contributed by atoms with E-state index in [1.165, 1.54) is 30.6 Å². The molecule has 1 aliphatic rings. The smallest absolute Gasteiger partial charge is 0.337 e. The number of benzene rings is 2. The first kappa shape index (κ1) is 29.4. The van der Waals surface area contributed by atoms with Gasteiger partial charge in [-0.1, -0.05) is 12.1 Å². The molecular formula is C27H27N3O7S3. The Hall–Kier alpha value is -3.62. The zero-order valence-electron chi connectivity index (χ0n) is 21.6. The number of ether oxygens (including phenoxy) is 1. The first-order chi connectivity index (χ1) is 18.9. The lowest BCUT2D eigenvalue weighted by Crippen LogP contribution is -2.26. The van der Waals surface area contributed by atoms with E-state index in [2.05, 4.69) is 9.71 Å². The summed E-state index contributed by atoms with van der Waals surface area (Å²) in [6.45, 7) is -0.142. The number of rotatable bonds is 10. The van der Waals surface area contributed by atoms with Crippen LogP contribution in [0.15, 0.2) is 83.6 Å². The molecule has 40 heavy (non-hydrogen) atoms. The highest BCUT2D eigenvalue weighted by atomic mass is 32.2. The van der Waals surface area contributed by atoms with Crippen LogP contribution >= 0.6 is 11.3 Å². The molecule has 0 radical (unpaired) electrons. The molecule has 0 aliphatic carbocycles. The second-order valence-electron chi connectivity index (χ2n) is 8.83. The van der Waals surface area contributed by atoms with Gasteiger partial charge in [0.15, 0.2) is 0 Å². The minimum Gasteiger partial charge on any atom is -0.465 e. The van der Waals surface area contributed by atoms with E-state index in [-0.39, 0.29) is 17.9 Å². The number of nitrogens with zero attached hydrogens (tertiary/aromatic N) is 2. The summed E-state index contributed by atoms with van der Waals surface area (Å²) in [5, 5.41) is 0.649. The van der Waals surface area contributed by atoms with E-state index in [9.17, 15) is 21.6 Å². The number of aromatic nitrogens is 1. The fourth-order valence-corrected chi connectivity index (χ4v) is 6.25. The molecule has 0 saturated heterocycles. The monoisotopic (exact) mass is 601 g/mol. The van der Waals surface area contributed by atoms with Gasteiger partial charge in [-0.3, -0.25) is 4.55 Å². The Labute approximate surface area is 236 Å². The SMILES string of the molecule is COC(=O)c1ccc(/C(C=C2C=CN(C)C=C2)=C\c2nc3cc(S(=O)(=O)NCCCS(=O)(=O)O)ccc3s2)cc1. The van der Waals surface area contributed by atoms with Crippen molar-refractivity contribution >= 4 is 59.3 Å². The van der Waals surface area contributed by atoms with Gasteiger partial charge in [0.25, 0.3) is 10.1 Å². The molecule has 2 aromatic carbocycles. The molecule has 0 spiro atoms. The van der Waals surface area contributed by atoms with Gasteiger partial charge in [-0.15, -0.1) is 11.3 Å². The van der Waals surface area contributed by atoms with Crippen LogP contribution in [0.4, 0.5) is 0 Å². The van der Waals surface area contributed by atoms with Gasteiger partial charge in [-0.25, -0.2) is 22.9 Å². The van der Waals surface area contributed by atoms with E-state index < -0.39 is 31.9 Å². The molecule has 13 heteroatoms. The maximum absolute atomic E-state index is 12.7. The second-order valence-corrected chi connectivity index (χ2v) is 13.2. The van der Waals surface area contributed by atoms with Crippen LogP contribution in [0.25, 0.3) is 21.9 Å². The molecule has 1 aromatic heterocycles. The molecule has 2 heterocycles. The Kier molecular flexibility index (Phi) is 9.01. The van der Waals surface area contributed by atoms with Gasteiger partial charge >= 0.3 is 5.97 Å². The lowest BCUT2D eigenvalue weighted by atomic mass is 10.0. The highest BCUT2D eigenvalue weighted by Gasteiger charge is 2.16. The number of hydrogen-bond acceptors (Lipinski definition) is 9. The molecule has 3 aromatic rings. The van der Waals surface area contributed by atoms with Gasteiger partial charge in [0.05, 0.1) is 33.5 Å². The summed E-state index contributed by atoms with van der Waals surface area (Å²) in [5.41, 5.74) is 3.55. The number of esters is 1. The Bertz CT molecular complexity index is 1740. The number of hydrogen-bond donors (Lipinski definition) is 2. The summed E-state index contributed by atoms with van der Waals surface area (Å²) in [5.74, 6) is -0.968. The minimum atomic E-state index is -4.17. The number of fused-ring (bicyclic) bond motifs is 1. The molecule has 0 fully saturated rings. The molecule has 10 nitrogen and oxygen atoms in total. The van der Waals surface area contributed by atoms with Gasteiger partial charge in [0.2, 0.25) is 10.0 Å². The predicted molar refractivity (Wildman–Crippen MR) is 156 cm³/mol. The van der Waals surface area contributed by atoms with Crippen molar-refractivity contribution in [2.75, 3.05) is 26.5 Å². The molecular weight excluding hydrogens is 575 g/mol. The van der Waals surface area contributed by atoms with E-state index in [1.807, 2.05) is 60.8 Å². The van der Waals surface area contributed by atoms with Crippen LogP contribution in [0.5, 0.6) is 0 Å². The molecule has 0 atom stereocenters.